The van der Waals surface area contributed by atoms with Crippen LogP contribution >= 0.6 is 0 Å². The Bertz CT molecular complexity index is 435. The summed E-state index contributed by atoms with van der Waals surface area (Å²) in [5.41, 5.74) is 2.88. The van der Waals surface area contributed by atoms with Gasteiger partial charge in [0.1, 0.15) is 0 Å². The van der Waals surface area contributed by atoms with Gasteiger partial charge < -0.3 is 5.11 Å². The third kappa shape index (κ3) is 3.25. The zero-order chi connectivity index (χ0) is 14.8. The molecule has 0 aromatic heterocycles. The Balaban J connectivity index is 2.22. The van der Waals surface area contributed by atoms with Crippen LogP contribution in [0.3, 0.4) is 0 Å². The SMILES string of the molecule is CCCc1cccc(C(C)(C)C2CCC(C)CC2O)c1. The molecule has 0 radical (unpaired) electrons. The highest BCUT2D eigenvalue weighted by Gasteiger charge is 2.39. The van der Waals surface area contributed by atoms with Crippen LogP contribution in [-0.4, -0.2) is 11.2 Å². The molecule has 1 heteroatoms. The molecule has 2 rings (SSSR count). The Morgan fingerprint density at radius 1 is 1.25 bits per heavy atom. The summed E-state index contributed by atoms with van der Waals surface area (Å²) in [5, 5.41) is 10.5. The van der Waals surface area contributed by atoms with Crippen molar-refractivity contribution in [2.45, 2.75) is 71.3 Å². The van der Waals surface area contributed by atoms with Gasteiger partial charge in [-0.25, -0.2) is 0 Å². The quantitative estimate of drug-likeness (QED) is 0.842. The van der Waals surface area contributed by atoms with E-state index in [0.717, 1.165) is 19.3 Å². The van der Waals surface area contributed by atoms with Crippen LogP contribution in [0.15, 0.2) is 24.3 Å². The van der Waals surface area contributed by atoms with Crippen molar-refractivity contribution >= 4 is 0 Å². The molecular weight excluding hydrogens is 244 g/mol. The highest BCUT2D eigenvalue weighted by molar-refractivity contribution is 5.30. The highest BCUT2D eigenvalue weighted by Crippen LogP contribution is 2.42. The van der Waals surface area contributed by atoms with Gasteiger partial charge >= 0.3 is 0 Å². The second-order valence-electron chi connectivity index (χ2n) is 7.26. The first kappa shape index (κ1) is 15.6. The molecular formula is C19H30O. The van der Waals surface area contributed by atoms with E-state index < -0.39 is 0 Å². The molecule has 0 amide bonds. The molecule has 1 aromatic carbocycles. The molecule has 112 valence electrons. The second kappa shape index (κ2) is 6.30. The lowest BCUT2D eigenvalue weighted by Crippen LogP contribution is -2.41. The van der Waals surface area contributed by atoms with Gasteiger partial charge in [-0.05, 0) is 47.6 Å². The maximum atomic E-state index is 10.5. The first-order valence-electron chi connectivity index (χ1n) is 8.22. The predicted molar refractivity (Wildman–Crippen MR) is 86.0 cm³/mol. The van der Waals surface area contributed by atoms with E-state index in [1.807, 2.05) is 0 Å². The van der Waals surface area contributed by atoms with Crippen molar-refractivity contribution in [3.05, 3.63) is 35.4 Å². The van der Waals surface area contributed by atoms with Gasteiger partial charge in [0.15, 0.2) is 0 Å². The summed E-state index contributed by atoms with van der Waals surface area (Å²) in [4.78, 5) is 0. The molecule has 1 aliphatic carbocycles. The summed E-state index contributed by atoms with van der Waals surface area (Å²) in [6.07, 6.45) is 5.54. The molecule has 0 heterocycles. The Morgan fingerprint density at radius 2 is 2.00 bits per heavy atom. The van der Waals surface area contributed by atoms with Gasteiger partial charge in [-0.1, -0.05) is 64.8 Å². The number of aryl methyl sites for hydroxylation is 1. The topological polar surface area (TPSA) is 20.2 Å². The predicted octanol–water partition coefficient (Wildman–Crippen LogP) is 4.71. The lowest BCUT2D eigenvalue weighted by molar-refractivity contribution is 0.0143. The van der Waals surface area contributed by atoms with Crippen LogP contribution in [0.25, 0.3) is 0 Å². The average molecular weight is 274 g/mol. The van der Waals surface area contributed by atoms with E-state index in [2.05, 4.69) is 52.0 Å². The van der Waals surface area contributed by atoms with Crippen molar-refractivity contribution in [2.75, 3.05) is 0 Å². The summed E-state index contributed by atoms with van der Waals surface area (Å²) in [5.74, 6) is 1.05. The molecule has 0 saturated heterocycles. The Hall–Kier alpha value is -0.820. The second-order valence-corrected chi connectivity index (χ2v) is 7.26. The molecule has 3 atom stereocenters. The number of hydrogen-bond acceptors (Lipinski definition) is 1. The summed E-state index contributed by atoms with van der Waals surface area (Å²) < 4.78 is 0. The minimum absolute atomic E-state index is 0.0588. The molecule has 20 heavy (non-hydrogen) atoms. The van der Waals surface area contributed by atoms with Gasteiger partial charge in [-0.15, -0.1) is 0 Å². The monoisotopic (exact) mass is 274 g/mol. The molecule has 1 N–H and O–H groups in total. The van der Waals surface area contributed by atoms with E-state index >= 15 is 0 Å². The molecule has 1 fully saturated rings. The minimum atomic E-state index is -0.149. The summed E-state index contributed by atoms with van der Waals surface area (Å²) >= 11 is 0. The van der Waals surface area contributed by atoms with Gasteiger partial charge in [0.05, 0.1) is 6.10 Å². The lowest BCUT2D eigenvalue weighted by Gasteiger charge is -2.42. The Morgan fingerprint density at radius 3 is 2.65 bits per heavy atom. The molecule has 0 bridgehead atoms. The summed E-state index contributed by atoms with van der Waals surface area (Å²) in [7, 11) is 0. The van der Waals surface area contributed by atoms with Gasteiger partial charge in [-0.2, -0.15) is 0 Å². The van der Waals surface area contributed by atoms with E-state index in [1.54, 1.807) is 0 Å². The van der Waals surface area contributed by atoms with Crippen LogP contribution in [0.4, 0.5) is 0 Å². The molecule has 1 saturated carbocycles. The Labute approximate surface area is 124 Å². The fourth-order valence-electron chi connectivity index (χ4n) is 3.82. The van der Waals surface area contributed by atoms with Gasteiger partial charge in [0, 0.05) is 0 Å². The molecule has 1 nitrogen and oxygen atoms in total. The number of aliphatic hydroxyl groups excluding tert-OH is 1. The van der Waals surface area contributed by atoms with Crippen LogP contribution < -0.4 is 0 Å². The molecule has 1 aromatic rings. The molecule has 1 aliphatic rings. The van der Waals surface area contributed by atoms with Crippen molar-refractivity contribution in [3.63, 3.8) is 0 Å². The molecule has 0 aliphatic heterocycles. The van der Waals surface area contributed by atoms with E-state index in [4.69, 9.17) is 0 Å². The van der Waals surface area contributed by atoms with Crippen molar-refractivity contribution in [2.24, 2.45) is 11.8 Å². The lowest BCUT2D eigenvalue weighted by atomic mass is 9.64. The third-order valence-corrected chi connectivity index (χ3v) is 5.22. The number of aliphatic hydroxyl groups is 1. The summed E-state index contributed by atoms with van der Waals surface area (Å²) in [6, 6.07) is 9.00. The third-order valence-electron chi connectivity index (χ3n) is 5.22. The summed E-state index contributed by atoms with van der Waals surface area (Å²) in [6.45, 7) is 9.10. The molecule has 0 spiro atoms. The highest BCUT2D eigenvalue weighted by atomic mass is 16.3. The first-order valence-corrected chi connectivity index (χ1v) is 8.22. The fourth-order valence-corrected chi connectivity index (χ4v) is 3.82. The maximum Gasteiger partial charge on any atom is 0.0579 e. The standard InChI is InChI=1S/C19H30O/c1-5-7-15-8-6-9-16(13-15)19(3,4)17-11-10-14(2)12-18(17)20/h6,8-9,13-14,17-18,20H,5,7,10-12H2,1-4H3. The fraction of sp³-hybridized carbons (Fsp3) is 0.684. The first-order chi connectivity index (χ1) is 9.45. The van der Waals surface area contributed by atoms with Crippen LogP contribution in [0.1, 0.15) is 64.5 Å². The van der Waals surface area contributed by atoms with Crippen LogP contribution in [0.5, 0.6) is 0 Å². The van der Waals surface area contributed by atoms with E-state index in [9.17, 15) is 5.11 Å². The average Bonchev–Trinajstić information content (AvgIpc) is 2.39. The van der Waals surface area contributed by atoms with Crippen molar-refractivity contribution in [1.29, 1.82) is 0 Å². The van der Waals surface area contributed by atoms with Gasteiger partial charge in [0.2, 0.25) is 0 Å². The van der Waals surface area contributed by atoms with Crippen LogP contribution in [0.2, 0.25) is 0 Å². The minimum Gasteiger partial charge on any atom is -0.393 e. The Kier molecular flexibility index (Phi) is 4.90. The van der Waals surface area contributed by atoms with Crippen molar-refractivity contribution < 1.29 is 5.11 Å². The van der Waals surface area contributed by atoms with Crippen LogP contribution in [0, 0.1) is 11.8 Å². The molecule has 3 unspecified atom stereocenters. The van der Waals surface area contributed by atoms with Gasteiger partial charge in [0.25, 0.3) is 0 Å². The van der Waals surface area contributed by atoms with Crippen molar-refractivity contribution in [1.82, 2.24) is 0 Å². The van der Waals surface area contributed by atoms with Gasteiger partial charge in [-0.3, -0.25) is 0 Å². The van der Waals surface area contributed by atoms with E-state index in [0.29, 0.717) is 11.8 Å². The normalized spacial score (nSPS) is 27.6. The van der Waals surface area contributed by atoms with E-state index in [-0.39, 0.29) is 11.5 Å². The van der Waals surface area contributed by atoms with Crippen molar-refractivity contribution in [3.8, 4) is 0 Å². The largest absolute Gasteiger partial charge is 0.393 e. The van der Waals surface area contributed by atoms with Crippen LogP contribution in [-0.2, 0) is 11.8 Å². The number of benzene rings is 1. The van der Waals surface area contributed by atoms with E-state index in [1.165, 1.54) is 24.0 Å². The zero-order valence-electron chi connectivity index (χ0n) is 13.5. The smallest absolute Gasteiger partial charge is 0.0579 e. The number of rotatable bonds is 4. The number of hydrogen-bond donors (Lipinski definition) is 1. The zero-order valence-corrected chi connectivity index (χ0v) is 13.5. The maximum absolute atomic E-state index is 10.5.